The molecule has 0 radical (unpaired) electrons. The van der Waals surface area contributed by atoms with Gasteiger partial charge in [-0.1, -0.05) is 54.6 Å². The molecule has 0 saturated carbocycles. The summed E-state index contributed by atoms with van der Waals surface area (Å²) >= 11 is 0. The van der Waals surface area contributed by atoms with Crippen molar-refractivity contribution in [1.82, 2.24) is 15.0 Å². The minimum absolute atomic E-state index is 0.693. The molecular formula is C18H13N3. The van der Waals surface area contributed by atoms with Crippen LogP contribution < -0.4 is 0 Å². The van der Waals surface area contributed by atoms with Crippen LogP contribution in [0.15, 0.2) is 60.8 Å². The average Bonchev–Trinajstić information content (AvgIpc) is 2.55. The van der Waals surface area contributed by atoms with Gasteiger partial charge in [0.05, 0.1) is 17.6 Å². The Morgan fingerprint density at radius 3 is 2.29 bits per heavy atom. The number of hydrogen-bond donors (Lipinski definition) is 0. The first-order valence-electron chi connectivity index (χ1n) is 6.90. The highest BCUT2D eigenvalue weighted by molar-refractivity contribution is 6.08. The number of benzene rings is 2. The Hall–Kier alpha value is -2.81. The van der Waals surface area contributed by atoms with Crippen molar-refractivity contribution in [3.63, 3.8) is 0 Å². The third kappa shape index (κ3) is 1.94. The van der Waals surface area contributed by atoms with Crippen molar-refractivity contribution in [3.8, 4) is 11.3 Å². The van der Waals surface area contributed by atoms with E-state index in [0.717, 1.165) is 33.2 Å². The van der Waals surface area contributed by atoms with Gasteiger partial charge in [0.25, 0.3) is 0 Å². The smallest absolute Gasteiger partial charge is 0.179 e. The maximum atomic E-state index is 4.74. The van der Waals surface area contributed by atoms with Gasteiger partial charge in [0.1, 0.15) is 5.52 Å². The van der Waals surface area contributed by atoms with Crippen LogP contribution in [-0.2, 0) is 0 Å². The van der Waals surface area contributed by atoms with Gasteiger partial charge in [-0.3, -0.25) is 0 Å². The molecule has 21 heavy (non-hydrogen) atoms. The lowest BCUT2D eigenvalue weighted by Gasteiger charge is -2.09. The molecule has 0 unspecified atom stereocenters. The number of aryl methyl sites for hydroxylation is 1. The van der Waals surface area contributed by atoms with Gasteiger partial charge in [0, 0.05) is 16.3 Å². The van der Waals surface area contributed by atoms with Crippen LogP contribution in [-0.4, -0.2) is 15.0 Å². The van der Waals surface area contributed by atoms with Crippen LogP contribution in [0.3, 0.4) is 0 Å². The minimum atomic E-state index is 0.693. The molecule has 0 aliphatic heterocycles. The summed E-state index contributed by atoms with van der Waals surface area (Å²) in [5.74, 6) is 0. The predicted molar refractivity (Wildman–Crippen MR) is 85.0 cm³/mol. The van der Waals surface area contributed by atoms with Crippen LogP contribution in [0.2, 0.25) is 0 Å². The highest BCUT2D eigenvalue weighted by Crippen LogP contribution is 2.30. The molecule has 0 bridgehead atoms. The zero-order valence-electron chi connectivity index (χ0n) is 11.6. The normalized spacial score (nSPS) is 11.1. The molecule has 0 amide bonds. The van der Waals surface area contributed by atoms with E-state index in [1.54, 1.807) is 6.20 Å². The third-order valence-corrected chi connectivity index (χ3v) is 3.58. The molecule has 0 N–H and O–H groups in total. The molecule has 2 aromatic heterocycles. The Balaban J connectivity index is 2.18. The van der Waals surface area contributed by atoms with Crippen molar-refractivity contribution in [2.75, 3.05) is 0 Å². The van der Waals surface area contributed by atoms with Crippen molar-refractivity contribution >= 4 is 21.9 Å². The second kappa shape index (κ2) is 4.63. The molecule has 2 aromatic carbocycles. The summed E-state index contributed by atoms with van der Waals surface area (Å²) in [5, 5.41) is 2.20. The van der Waals surface area contributed by atoms with Gasteiger partial charge in [-0.05, 0) is 6.92 Å². The summed E-state index contributed by atoms with van der Waals surface area (Å²) in [6.45, 7) is 1.95. The number of nitrogens with zero attached hydrogens (tertiary/aromatic N) is 3. The number of hydrogen-bond acceptors (Lipinski definition) is 3. The maximum Gasteiger partial charge on any atom is 0.179 e. The lowest BCUT2D eigenvalue weighted by molar-refractivity contribution is 1.16. The molecule has 0 atom stereocenters. The van der Waals surface area contributed by atoms with E-state index in [1.165, 1.54) is 0 Å². The summed E-state index contributed by atoms with van der Waals surface area (Å²) in [4.78, 5) is 13.8. The number of fused-ring (bicyclic) bond motifs is 3. The number of pyridine rings is 1. The van der Waals surface area contributed by atoms with Crippen LogP contribution in [0, 0.1) is 6.92 Å². The Labute approximate surface area is 122 Å². The van der Waals surface area contributed by atoms with Crippen LogP contribution in [0.25, 0.3) is 33.2 Å². The Morgan fingerprint density at radius 2 is 1.48 bits per heavy atom. The molecule has 0 aliphatic rings. The van der Waals surface area contributed by atoms with Crippen molar-refractivity contribution in [3.05, 3.63) is 66.5 Å². The topological polar surface area (TPSA) is 38.7 Å². The van der Waals surface area contributed by atoms with Crippen molar-refractivity contribution in [2.45, 2.75) is 6.92 Å². The summed E-state index contributed by atoms with van der Waals surface area (Å²) in [6, 6.07) is 18.4. The average molecular weight is 271 g/mol. The molecule has 100 valence electrons. The van der Waals surface area contributed by atoms with Gasteiger partial charge in [0.2, 0.25) is 0 Å². The zero-order valence-corrected chi connectivity index (χ0v) is 11.6. The fraction of sp³-hybridized carbons (Fsp3) is 0.0556. The number of rotatable bonds is 1. The summed E-state index contributed by atoms with van der Waals surface area (Å²) in [6.07, 6.45) is 1.76. The Morgan fingerprint density at radius 1 is 0.762 bits per heavy atom. The second-order valence-corrected chi connectivity index (χ2v) is 5.06. The summed E-state index contributed by atoms with van der Waals surface area (Å²) in [7, 11) is 0. The standard InChI is InChI=1S/C18H13N3/c1-12-11-19-18-17(20-12)15-10-6-5-9-14(15)16(21-18)13-7-3-2-4-8-13/h2-11H,1H3. The van der Waals surface area contributed by atoms with Crippen molar-refractivity contribution in [1.29, 1.82) is 0 Å². The zero-order chi connectivity index (χ0) is 14.2. The van der Waals surface area contributed by atoms with E-state index in [4.69, 9.17) is 4.98 Å². The predicted octanol–water partition coefficient (Wildman–Crippen LogP) is 4.15. The molecule has 3 heteroatoms. The SMILES string of the molecule is Cc1cnc2nc(-c3ccccc3)c3ccccc3c2n1. The van der Waals surface area contributed by atoms with E-state index < -0.39 is 0 Å². The van der Waals surface area contributed by atoms with Gasteiger partial charge in [-0.15, -0.1) is 0 Å². The molecule has 4 rings (SSSR count). The Kier molecular flexibility index (Phi) is 2.64. The van der Waals surface area contributed by atoms with E-state index in [1.807, 2.05) is 37.3 Å². The fourth-order valence-corrected chi connectivity index (χ4v) is 2.61. The Bertz CT molecular complexity index is 946. The van der Waals surface area contributed by atoms with Crippen LogP contribution in [0.4, 0.5) is 0 Å². The lowest BCUT2D eigenvalue weighted by atomic mass is 10.0. The summed E-state index contributed by atoms with van der Waals surface area (Å²) < 4.78 is 0. The van der Waals surface area contributed by atoms with Gasteiger partial charge in [0.15, 0.2) is 5.65 Å². The van der Waals surface area contributed by atoms with E-state index in [2.05, 4.69) is 34.2 Å². The highest BCUT2D eigenvalue weighted by atomic mass is 14.9. The molecule has 2 heterocycles. The van der Waals surface area contributed by atoms with E-state index >= 15 is 0 Å². The van der Waals surface area contributed by atoms with Gasteiger partial charge in [-0.25, -0.2) is 15.0 Å². The molecular weight excluding hydrogens is 258 g/mol. The largest absolute Gasteiger partial charge is 0.248 e. The van der Waals surface area contributed by atoms with Crippen molar-refractivity contribution < 1.29 is 0 Å². The molecule has 0 fully saturated rings. The van der Waals surface area contributed by atoms with Gasteiger partial charge in [-0.2, -0.15) is 0 Å². The molecule has 0 saturated heterocycles. The minimum Gasteiger partial charge on any atom is -0.248 e. The lowest BCUT2D eigenvalue weighted by Crippen LogP contribution is -1.95. The van der Waals surface area contributed by atoms with Crippen molar-refractivity contribution in [2.24, 2.45) is 0 Å². The van der Waals surface area contributed by atoms with Crippen LogP contribution in [0.5, 0.6) is 0 Å². The van der Waals surface area contributed by atoms with Gasteiger partial charge < -0.3 is 0 Å². The van der Waals surface area contributed by atoms with E-state index in [9.17, 15) is 0 Å². The fourth-order valence-electron chi connectivity index (χ4n) is 2.61. The third-order valence-electron chi connectivity index (χ3n) is 3.58. The van der Waals surface area contributed by atoms with Gasteiger partial charge >= 0.3 is 0 Å². The molecule has 4 aromatic rings. The summed E-state index contributed by atoms with van der Waals surface area (Å²) in [5.41, 5.74) is 4.51. The van der Waals surface area contributed by atoms with Crippen LogP contribution >= 0.6 is 0 Å². The second-order valence-electron chi connectivity index (χ2n) is 5.06. The van der Waals surface area contributed by atoms with E-state index in [-0.39, 0.29) is 0 Å². The van der Waals surface area contributed by atoms with Crippen LogP contribution in [0.1, 0.15) is 5.69 Å². The molecule has 3 nitrogen and oxygen atoms in total. The maximum absolute atomic E-state index is 4.74. The van der Waals surface area contributed by atoms with E-state index in [0.29, 0.717) is 5.65 Å². The quantitative estimate of drug-likeness (QED) is 0.488. The first-order chi connectivity index (χ1) is 10.3. The first kappa shape index (κ1) is 12.0. The first-order valence-corrected chi connectivity index (χ1v) is 6.90. The monoisotopic (exact) mass is 271 g/mol. The molecule has 0 spiro atoms. The highest BCUT2D eigenvalue weighted by Gasteiger charge is 2.11. The molecule has 0 aliphatic carbocycles. The number of aromatic nitrogens is 3.